The van der Waals surface area contributed by atoms with E-state index in [2.05, 4.69) is 15.6 Å². The molecular weight excluding hydrogens is 339 g/mol. The van der Waals surface area contributed by atoms with Crippen molar-refractivity contribution in [3.63, 3.8) is 0 Å². The Hall–Kier alpha value is -2.09. The molecule has 1 aliphatic rings. The number of alkyl halides is 3. The first-order valence-electron chi connectivity index (χ1n) is 7.61. The third kappa shape index (κ3) is 4.05. The fourth-order valence-electron chi connectivity index (χ4n) is 2.59. The summed E-state index contributed by atoms with van der Waals surface area (Å²) in [5.74, 6) is 0. The van der Waals surface area contributed by atoms with Gasteiger partial charge in [-0.1, -0.05) is 12.1 Å². The van der Waals surface area contributed by atoms with Gasteiger partial charge < -0.3 is 5.32 Å². The fourth-order valence-corrected chi connectivity index (χ4v) is 3.63. The number of amides is 2. The highest BCUT2D eigenvalue weighted by molar-refractivity contribution is 7.15. The first-order chi connectivity index (χ1) is 11.4. The molecule has 4 nitrogen and oxygen atoms in total. The van der Waals surface area contributed by atoms with Crippen LogP contribution < -0.4 is 10.6 Å². The molecule has 0 unspecified atom stereocenters. The molecule has 0 bridgehead atoms. The molecule has 2 N–H and O–H groups in total. The van der Waals surface area contributed by atoms with Crippen LogP contribution in [0.25, 0.3) is 0 Å². The number of carbonyl (C=O) groups excluding carboxylic acids is 1. The number of benzene rings is 1. The van der Waals surface area contributed by atoms with Gasteiger partial charge in [0.1, 0.15) is 0 Å². The van der Waals surface area contributed by atoms with Crippen molar-refractivity contribution in [3.05, 3.63) is 46.0 Å². The van der Waals surface area contributed by atoms with Gasteiger partial charge in [-0.25, -0.2) is 9.78 Å². The van der Waals surface area contributed by atoms with Crippen LogP contribution in [0.1, 0.15) is 34.5 Å². The van der Waals surface area contributed by atoms with Crippen LogP contribution in [0, 0.1) is 0 Å². The number of carbonyl (C=O) groups is 1. The van der Waals surface area contributed by atoms with Gasteiger partial charge in [-0.2, -0.15) is 13.2 Å². The topological polar surface area (TPSA) is 54.0 Å². The predicted molar refractivity (Wildman–Crippen MR) is 86.1 cm³/mol. The Balaban J connectivity index is 1.57. The zero-order valence-electron chi connectivity index (χ0n) is 12.7. The minimum atomic E-state index is -4.39. The fraction of sp³-hybridized carbons (Fsp3) is 0.375. The Kier molecular flexibility index (Phi) is 4.75. The van der Waals surface area contributed by atoms with Crippen molar-refractivity contribution in [2.24, 2.45) is 0 Å². The maximum absolute atomic E-state index is 12.7. The quantitative estimate of drug-likeness (QED) is 0.859. The molecule has 0 aliphatic heterocycles. The van der Waals surface area contributed by atoms with E-state index in [0.29, 0.717) is 10.7 Å². The van der Waals surface area contributed by atoms with Crippen molar-refractivity contribution in [1.82, 2.24) is 10.3 Å². The van der Waals surface area contributed by atoms with Gasteiger partial charge in [0.25, 0.3) is 0 Å². The van der Waals surface area contributed by atoms with E-state index in [4.69, 9.17) is 0 Å². The predicted octanol–water partition coefficient (Wildman–Crippen LogP) is 4.36. The van der Waals surface area contributed by atoms with Gasteiger partial charge in [0, 0.05) is 11.4 Å². The number of nitrogens with one attached hydrogen (secondary N) is 2. The SMILES string of the molecule is O=C(NCc1cccc(C(F)(F)F)c1)Nc1nc2c(s1)CCCC2. The number of thiazole rings is 1. The summed E-state index contributed by atoms with van der Waals surface area (Å²) in [6, 6.07) is 4.43. The molecule has 8 heteroatoms. The normalized spacial score (nSPS) is 14.1. The molecule has 24 heavy (non-hydrogen) atoms. The van der Waals surface area contributed by atoms with Crippen LogP contribution in [-0.4, -0.2) is 11.0 Å². The molecule has 1 aliphatic carbocycles. The number of halogens is 3. The van der Waals surface area contributed by atoms with Crippen molar-refractivity contribution in [2.45, 2.75) is 38.4 Å². The molecule has 0 fully saturated rings. The number of nitrogens with zero attached hydrogens (tertiary/aromatic N) is 1. The summed E-state index contributed by atoms with van der Waals surface area (Å²) >= 11 is 1.46. The molecule has 1 heterocycles. The summed E-state index contributed by atoms with van der Waals surface area (Å²) < 4.78 is 38.0. The van der Waals surface area contributed by atoms with Crippen molar-refractivity contribution in [3.8, 4) is 0 Å². The van der Waals surface area contributed by atoms with E-state index in [9.17, 15) is 18.0 Å². The lowest BCUT2D eigenvalue weighted by molar-refractivity contribution is -0.137. The number of hydrogen-bond acceptors (Lipinski definition) is 3. The van der Waals surface area contributed by atoms with Crippen LogP contribution >= 0.6 is 11.3 Å². The molecule has 0 atom stereocenters. The van der Waals surface area contributed by atoms with Crippen LogP contribution in [0.4, 0.5) is 23.1 Å². The molecule has 0 saturated heterocycles. The summed E-state index contributed by atoms with van der Waals surface area (Å²) in [6.07, 6.45) is -0.230. The summed E-state index contributed by atoms with van der Waals surface area (Å²) in [4.78, 5) is 17.5. The Morgan fingerprint density at radius 3 is 2.79 bits per heavy atom. The van der Waals surface area contributed by atoms with Gasteiger partial charge in [0.2, 0.25) is 0 Å². The third-order valence-electron chi connectivity index (χ3n) is 3.77. The van der Waals surface area contributed by atoms with E-state index in [0.717, 1.165) is 43.5 Å². The smallest absolute Gasteiger partial charge is 0.334 e. The van der Waals surface area contributed by atoms with Gasteiger partial charge in [-0.15, -0.1) is 11.3 Å². The Labute approximate surface area is 141 Å². The van der Waals surface area contributed by atoms with E-state index in [1.54, 1.807) is 0 Å². The van der Waals surface area contributed by atoms with Gasteiger partial charge >= 0.3 is 12.2 Å². The zero-order valence-corrected chi connectivity index (χ0v) is 13.6. The standard InChI is InChI=1S/C16H16F3N3OS/c17-16(18,19)11-5-3-4-10(8-11)9-20-14(23)22-15-21-12-6-1-2-7-13(12)24-15/h3-5,8H,1-2,6-7,9H2,(H2,20,21,22,23). The lowest BCUT2D eigenvalue weighted by atomic mass is 10.0. The number of rotatable bonds is 3. The number of aryl methyl sites for hydroxylation is 2. The van der Waals surface area contributed by atoms with E-state index in [1.165, 1.54) is 28.3 Å². The summed E-state index contributed by atoms with van der Waals surface area (Å²) in [6.45, 7) is 0.0147. The molecule has 2 aromatic rings. The second-order valence-electron chi connectivity index (χ2n) is 5.60. The van der Waals surface area contributed by atoms with Crippen molar-refractivity contribution in [2.75, 3.05) is 5.32 Å². The van der Waals surface area contributed by atoms with E-state index >= 15 is 0 Å². The van der Waals surface area contributed by atoms with Crippen molar-refractivity contribution >= 4 is 22.5 Å². The molecule has 0 radical (unpaired) electrons. The maximum Gasteiger partial charge on any atom is 0.416 e. The lowest BCUT2D eigenvalue weighted by Gasteiger charge is -2.09. The summed E-state index contributed by atoms with van der Waals surface area (Å²) in [5, 5.41) is 5.74. The van der Waals surface area contributed by atoms with Crippen LogP contribution in [0.15, 0.2) is 24.3 Å². The van der Waals surface area contributed by atoms with Crippen molar-refractivity contribution in [1.29, 1.82) is 0 Å². The summed E-state index contributed by atoms with van der Waals surface area (Å²) in [7, 11) is 0. The highest BCUT2D eigenvalue weighted by atomic mass is 32.1. The van der Waals surface area contributed by atoms with E-state index in [-0.39, 0.29) is 6.54 Å². The molecule has 0 spiro atoms. The number of aromatic nitrogens is 1. The average Bonchev–Trinajstić information content (AvgIpc) is 2.94. The number of anilines is 1. The second kappa shape index (κ2) is 6.80. The molecule has 3 rings (SSSR count). The van der Waals surface area contributed by atoms with Gasteiger partial charge in [-0.3, -0.25) is 5.32 Å². The molecular formula is C16H16F3N3OS. The molecule has 0 saturated carbocycles. The zero-order chi connectivity index (χ0) is 17.2. The molecule has 1 aromatic heterocycles. The number of hydrogen-bond donors (Lipinski definition) is 2. The minimum Gasteiger partial charge on any atom is -0.334 e. The van der Waals surface area contributed by atoms with Crippen LogP contribution in [0.5, 0.6) is 0 Å². The summed E-state index contributed by atoms with van der Waals surface area (Å²) in [5.41, 5.74) is 0.702. The Bertz CT molecular complexity index is 719. The highest BCUT2D eigenvalue weighted by Gasteiger charge is 2.30. The number of fused-ring (bicyclic) bond motifs is 1. The largest absolute Gasteiger partial charge is 0.416 e. The van der Waals surface area contributed by atoms with Crippen LogP contribution in [0.3, 0.4) is 0 Å². The molecule has 1 aromatic carbocycles. The van der Waals surface area contributed by atoms with Gasteiger partial charge in [-0.05, 0) is 43.4 Å². The van der Waals surface area contributed by atoms with Gasteiger partial charge in [0.15, 0.2) is 5.13 Å². The molecule has 2 amide bonds. The lowest BCUT2D eigenvalue weighted by Crippen LogP contribution is -2.28. The maximum atomic E-state index is 12.7. The average molecular weight is 355 g/mol. The third-order valence-corrected chi connectivity index (χ3v) is 4.85. The van der Waals surface area contributed by atoms with E-state index < -0.39 is 17.8 Å². The monoisotopic (exact) mass is 355 g/mol. The van der Waals surface area contributed by atoms with Gasteiger partial charge in [0.05, 0.1) is 11.3 Å². The van der Waals surface area contributed by atoms with Crippen molar-refractivity contribution < 1.29 is 18.0 Å². The number of urea groups is 1. The minimum absolute atomic E-state index is 0.0147. The molecule has 128 valence electrons. The first-order valence-corrected chi connectivity index (χ1v) is 8.43. The van der Waals surface area contributed by atoms with Crippen LogP contribution in [0.2, 0.25) is 0 Å². The Morgan fingerprint density at radius 1 is 1.25 bits per heavy atom. The second-order valence-corrected chi connectivity index (χ2v) is 6.69. The van der Waals surface area contributed by atoms with E-state index in [1.807, 2.05) is 0 Å². The highest BCUT2D eigenvalue weighted by Crippen LogP contribution is 2.30. The first kappa shape index (κ1) is 16.8. The van der Waals surface area contributed by atoms with Crippen LogP contribution in [-0.2, 0) is 25.6 Å². The Morgan fingerprint density at radius 2 is 2.04 bits per heavy atom.